The van der Waals surface area contributed by atoms with Gasteiger partial charge in [-0.15, -0.1) is 0 Å². The minimum absolute atomic E-state index is 0.0226. The summed E-state index contributed by atoms with van der Waals surface area (Å²) in [4.78, 5) is 14.8. The molecule has 146 valence electrons. The van der Waals surface area contributed by atoms with Gasteiger partial charge in [-0.05, 0) is 36.4 Å². The van der Waals surface area contributed by atoms with Crippen molar-refractivity contribution in [1.82, 2.24) is 20.0 Å². The van der Waals surface area contributed by atoms with Crippen LogP contribution in [0.3, 0.4) is 0 Å². The molecule has 0 aliphatic carbocycles. The normalized spacial score (nSPS) is 12.3. The number of para-hydroxylation sites is 1. The van der Waals surface area contributed by atoms with Crippen molar-refractivity contribution in [3.63, 3.8) is 0 Å². The molecular weight excluding hydrogens is 464 g/mol. The first-order valence-corrected chi connectivity index (χ1v) is 10.9. The highest BCUT2D eigenvalue weighted by atomic mass is 79.9. The maximum Gasteiger partial charge on any atom is 0.189 e. The zero-order chi connectivity index (χ0) is 20.2. The average Bonchev–Trinajstić information content (AvgIpc) is 3.24. The fraction of sp³-hybridized carbons (Fsp3) is 0.0455. The van der Waals surface area contributed by atoms with Crippen LogP contribution in [0, 0.1) is 0 Å². The van der Waals surface area contributed by atoms with Crippen LogP contribution in [0.15, 0.2) is 79.9 Å². The first-order valence-electron chi connectivity index (χ1n) is 9.26. The van der Waals surface area contributed by atoms with Crippen LogP contribution < -0.4 is 10.2 Å². The van der Waals surface area contributed by atoms with Gasteiger partial charge in [-0.1, -0.05) is 39.8 Å². The first kappa shape index (κ1) is 17.7. The zero-order valence-electron chi connectivity index (χ0n) is 15.4. The van der Waals surface area contributed by atoms with Gasteiger partial charge in [0, 0.05) is 32.1 Å². The number of nitrogens with zero attached hydrogens (tertiary/aromatic N) is 3. The molecule has 6 rings (SSSR count). The van der Waals surface area contributed by atoms with E-state index in [1.165, 1.54) is 0 Å². The molecule has 6 nitrogen and oxygen atoms in total. The minimum Gasteiger partial charge on any atom is -0.489 e. The van der Waals surface area contributed by atoms with Crippen molar-refractivity contribution in [2.45, 2.75) is 16.4 Å². The van der Waals surface area contributed by atoms with Crippen LogP contribution in [0.4, 0.5) is 0 Å². The zero-order valence-corrected chi connectivity index (χ0v) is 17.8. The summed E-state index contributed by atoms with van der Waals surface area (Å²) >= 11 is 5.19. The van der Waals surface area contributed by atoms with E-state index in [4.69, 9.17) is 4.74 Å². The predicted octanol–water partition coefficient (Wildman–Crippen LogP) is 5.07. The van der Waals surface area contributed by atoms with Crippen LogP contribution in [0.5, 0.6) is 5.75 Å². The number of aromatic nitrogens is 4. The Morgan fingerprint density at radius 3 is 2.93 bits per heavy atom. The summed E-state index contributed by atoms with van der Waals surface area (Å²) in [5, 5.41) is 11.6. The Labute approximate surface area is 183 Å². The van der Waals surface area contributed by atoms with Gasteiger partial charge in [-0.25, -0.2) is 0 Å². The van der Waals surface area contributed by atoms with Gasteiger partial charge in [0.05, 0.1) is 16.6 Å². The number of benzene rings is 3. The number of rotatable bonds is 3. The van der Waals surface area contributed by atoms with Gasteiger partial charge in [-0.3, -0.25) is 4.79 Å². The smallest absolute Gasteiger partial charge is 0.189 e. The highest BCUT2D eigenvalue weighted by Gasteiger charge is 2.21. The number of nitrogens with one attached hydrogen (secondary N) is 1. The van der Waals surface area contributed by atoms with Gasteiger partial charge in [0.2, 0.25) is 0 Å². The van der Waals surface area contributed by atoms with E-state index in [1.54, 1.807) is 17.8 Å². The molecule has 8 heteroatoms. The van der Waals surface area contributed by atoms with Crippen molar-refractivity contribution in [2.24, 2.45) is 0 Å². The summed E-state index contributed by atoms with van der Waals surface area (Å²) in [6.45, 7) is 0.337. The molecule has 0 fully saturated rings. The third kappa shape index (κ3) is 2.75. The molecule has 30 heavy (non-hydrogen) atoms. The summed E-state index contributed by atoms with van der Waals surface area (Å²) in [7, 11) is 0. The number of aromatic amines is 1. The molecule has 0 unspecified atom stereocenters. The van der Waals surface area contributed by atoms with Crippen molar-refractivity contribution in [3.8, 4) is 11.4 Å². The third-order valence-electron chi connectivity index (χ3n) is 5.16. The molecule has 5 aromatic rings. The Morgan fingerprint density at radius 2 is 2.00 bits per heavy atom. The highest BCUT2D eigenvalue weighted by molar-refractivity contribution is 9.10. The van der Waals surface area contributed by atoms with Crippen molar-refractivity contribution >= 4 is 49.6 Å². The van der Waals surface area contributed by atoms with Gasteiger partial charge in [0.15, 0.2) is 5.43 Å². The fourth-order valence-electron chi connectivity index (χ4n) is 3.77. The number of hydrogen-bond acceptors (Lipinski definition) is 5. The number of fused-ring (bicyclic) bond motifs is 3. The van der Waals surface area contributed by atoms with Gasteiger partial charge in [-0.2, -0.15) is 15.4 Å². The molecule has 0 saturated heterocycles. The molecule has 3 heterocycles. The molecular formula is C22H13BrN4O2S. The lowest BCUT2D eigenvalue weighted by atomic mass is 10.1. The molecule has 0 spiro atoms. The molecule has 3 aromatic carbocycles. The molecule has 1 aliphatic rings. The first-order chi connectivity index (χ1) is 14.7. The number of ether oxygens (including phenoxy) is 1. The number of H-pyrrole nitrogens is 1. The maximum absolute atomic E-state index is 12.7. The monoisotopic (exact) mass is 476 g/mol. The Balaban J connectivity index is 1.45. The second-order valence-corrected chi connectivity index (χ2v) is 8.98. The van der Waals surface area contributed by atoms with E-state index in [-0.39, 0.29) is 5.43 Å². The van der Waals surface area contributed by atoms with Crippen LogP contribution in [0.25, 0.3) is 27.6 Å². The average molecular weight is 477 g/mol. The molecule has 0 amide bonds. The highest BCUT2D eigenvalue weighted by Crippen LogP contribution is 2.44. The van der Waals surface area contributed by atoms with E-state index in [2.05, 4.69) is 48.0 Å². The molecule has 0 bridgehead atoms. The van der Waals surface area contributed by atoms with Crippen LogP contribution in [0.1, 0.15) is 5.56 Å². The van der Waals surface area contributed by atoms with Crippen molar-refractivity contribution in [1.29, 1.82) is 0 Å². The van der Waals surface area contributed by atoms with Crippen LogP contribution >= 0.6 is 27.7 Å². The summed E-state index contributed by atoms with van der Waals surface area (Å²) < 4.78 is 9.17. The van der Waals surface area contributed by atoms with E-state index < -0.39 is 0 Å². The third-order valence-corrected chi connectivity index (χ3v) is 6.74. The largest absolute Gasteiger partial charge is 0.489 e. The summed E-state index contributed by atoms with van der Waals surface area (Å²) in [5.74, 6) is 0.654. The van der Waals surface area contributed by atoms with E-state index in [0.29, 0.717) is 17.7 Å². The molecule has 2 aromatic heterocycles. The van der Waals surface area contributed by atoms with Gasteiger partial charge in [0.25, 0.3) is 0 Å². The summed E-state index contributed by atoms with van der Waals surface area (Å²) in [6.07, 6.45) is 1.84. The van der Waals surface area contributed by atoms with Gasteiger partial charge < -0.3 is 9.30 Å². The second kappa shape index (κ2) is 6.72. The Morgan fingerprint density at radius 1 is 1.07 bits per heavy atom. The predicted molar refractivity (Wildman–Crippen MR) is 120 cm³/mol. The number of pyridine rings is 1. The van der Waals surface area contributed by atoms with E-state index in [1.807, 2.05) is 42.6 Å². The van der Waals surface area contributed by atoms with E-state index >= 15 is 0 Å². The number of halogens is 1. The molecule has 1 aliphatic heterocycles. The van der Waals surface area contributed by atoms with Gasteiger partial charge in [0.1, 0.15) is 23.4 Å². The lowest BCUT2D eigenvalue weighted by molar-refractivity contribution is 0.307. The molecule has 1 N–H and O–H groups in total. The SMILES string of the molecule is O=c1ccn2c3c(cc(OCc4cccc5n[nH]nc45)cc13)Sc1ccc(Br)cc1-2. The second-order valence-electron chi connectivity index (χ2n) is 6.98. The van der Waals surface area contributed by atoms with E-state index in [9.17, 15) is 4.79 Å². The molecule has 0 atom stereocenters. The van der Waals surface area contributed by atoms with Crippen molar-refractivity contribution in [3.05, 3.63) is 81.1 Å². The summed E-state index contributed by atoms with van der Waals surface area (Å²) in [6, 6.07) is 17.4. The lowest BCUT2D eigenvalue weighted by Crippen LogP contribution is -2.11. The maximum atomic E-state index is 12.7. The number of hydrogen-bond donors (Lipinski definition) is 1. The Bertz CT molecular complexity index is 1530. The quantitative estimate of drug-likeness (QED) is 0.386. The van der Waals surface area contributed by atoms with Crippen molar-refractivity contribution in [2.75, 3.05) is 0 Å². The molecule has 0 saturated carbocycles. The van der Waals surface area contributed by atoms with E-state index in [0.717, 1.165) is 42.1 Å². The Kier molecular flexibility index (Phi) is 3.97. The topological polar surface area (TPSA) is 72.8 Å². The summed E-state index contributed by atoms with van der Waals surface area (Å²) in [5.41, 5.74) is 4.46. The van der Waals surface area contributed by atoms with Gasteiger partial charge >= 0.3 is 0 Å². The standard InChI is InChI=1S/C22H13BrN4O2S/c23-13-4-5-19-17(8-13)27-7-6-18(28)15-9-14(10-20(30-19)22(15)27)29-11-12-2-1-3-16-21(12)25-26-24-16/h1-10H,11H2,(H,24,25,26). The molecule has 0 radical (unpaired) electrons. The van der Waals surface area contributed by atoms with Crippen LogP contribution in [-0.2, 0) is 6.61 Å². The fourth-order valence-corrected chi connectivity index (χ4v) is 5.24. The van der Waals surface area contributed by atoms with Crippen molar-refractivity contribution < 1.29 is 4.74 Å². The lowest BCUT2D eigenvalue weighted by Gasteiger charge is -2.23. The van der Waals surface area contributed by atoms with Crippen LogP contribution in [0.2, 0.25) is 0 Å². The van der Waals surface area contributed by atoms with Crippen LogP contribution in [-0.4, -0.2) is 20.0 Å². The Hall–Kier alpha value is -3.10. The minimum atomic E-state index is -0.0226.